The van der Waals surface area contributed by atoms with Gasteiger partial charge in [0.1, 0.15) is 18.8 Å². The number of esters is 1. The van der Waals surface area contributed by atoms with Crippen LogP contribution in [-0.2, 0) is 44.6 Å². The van der Waals surface area contributed by atoms with Crippen LogP contribution in [0.15, 0.2) is 60.7 Å². The highest BCUT2D eigenvalue weighted by Gasteiger charge is 2.54. The number of hydrogen-bond donors (Lipinski definition) is 0. The van der Waals surface area contributed by atoms with E-state index < -0.39 is 49.1 Å². The Labute approximate surface area is 267 Å². The SMILES string of the molecule is CCCCCCCCCCCCCC(=O)O[C@H]1[C@H](OC)O[C@@H]2CO[C@@H](c3ccccc3)O[C@H]2[C@@H]1OC(=O)OCc1ccccc1. The molecule has 0 N–H and O–H groups in total. The zero-order valence-electron chi connectivity index (χ0n) is 26.8. The van der Waals surface area contributed by atoms with Gasteiger partial charge in [-0.05, 0) is 12.0 Å². The van der Waals surface area contributed by atoms with Crippen LogP contribution in [-0.4, -0.2) is 56.5 Å². The minimum Gasteiger partial charge on any atom is -0.453 e. The Hall–Kier alpha value is -2.98. The highest BCUT2D eigenvalue weighted by Crippen LogP contribution is 2.37. The molecule has 6 atom stereocenters. The predicted molar refractivity (Wildman–Crippen MR) is 168 cm³/mol. The van der Waals surface area contributed by atoms with E-state index in [-0.39, 0.29) is 19.6 Å². The van der Waals surface area contributed by atoms with Crippen molar-refractivity contribution in [2.45, 2.75) is 128 Å². The van der Waals surface area contributed by atoms with E-state index in [0.717, 1.165) is 30.4 Å². The maximum absolute atomic E-state index is 13.1. The summed E-state index contributed by atoms with van der Waals surface area (Å²) in [5.41, 5.74) is 1.62. The van der Waals surface area contributed by atoms with Crippen molar-refractivity contribution >= 4 is 12.1 Å². The zero-order chi connectivity index (χ0) is 31.7. The van der Waals surface area contributed by atoms with Crippen LogP contribution in [0.4, 0.5) is 4.79 Å². The Kier molecular flexibility index (Phi) is 15.1. The third kappa shape index (κ3) is 11.4. The lowest BCUT2D eigenvalue weighted by Gasteiger charge is -2.47. The average Bonchev–Trinajstić information content (AvgIpc) is 3.07. The van der Waals surface area contributed by atoms with Crippen molar-refractivity contribution in [3.8, 4) is 0 Å². The number of hydrogen-bond acceptors (Lipinski definition) is 9. The Morgan fingerprint density at radius 1 is 0.756 bits per heavy atom. The van der Waals surface area contributed by atoms with E-state index in [1.54, 1.807) is 0 Å². The number of rotatable bonds is 18. The molecule has 2 aliphatic rings. The molecule has 9 nitrogen and oxygen atoms in total. The van der Waals surface area contributed by atoms with Gasteiger partial charge in [0.2, 0.25) is 0 Å². The molecular formula is C36H50O9. The van der Waals surface area contributed by atoms with Gasteiger partial charge < -0.3 is 33.2 Å². The topological polar surface area (TPSA) is 98.8 Å². The fraction of sp³-hybridized carbons (Fsp3) is 0.611. The van der Waals surface area contributed by atoms with E-state index in [9.17, 15) is 9.59 Å². The van der Waals surface area contributed by atoms with Crippen molar-refractivity contribution in [1.29, 1.82) is 0 Å². The lowest BCUT2D eigenvalue weighted by molar-refractivity contribution is -0.359. The second-order valence-corrected chi connectivity index (χ2v) is 11.8. The molecule has 2 aliphatic heterocycles. The fourth-order valence-corrected chi connectivity index (χ4v) is 5.78. The normalized spacial score (nSPS) is 24.4. The number of fused-ring (bicyclic) bond motifs is 1. The summed E-state index contributed by atoms with van der Waals surface area (Å²) < 4.78 is 41.1. The molecule has 2 heterocycles. The molecule has 2 aromatic rings. The molecule has 0 unspecified atom stereocenters. The summed E-state index contributed by atoms with van der Waals surface area (Å²) in [6.45, 7) is 2.44. The summed E-state index contributed by atoms with van der Waals surface area (Å²) in [6.07, 6.45) is 7.16. The maximum Gasteiger partial charge on any atom is 0.509 e. The predicted octanol–water partition coefficient (Wildman–Crippen LogP) is 7.81. The van der Waals surface area contributed by atoms with Gasteiger partial charge in [-0.3, -0.25) is 4.79 Å². The van der Waals surface area contributed by atoms with Crippen LogP contribution in [0.5, 0.6) is 0 Å². The molecular weight excluding hydrogens is 576 g/mol. The van der Waals surface area contributed by atoms with Crippen molar-refractivity contribution in [1.82, 2.24) is 0 Å². The van der Waals surface area contributed by atoms with Gasteiger partial charge in [-0.1, -0.05) is 132 Å². The van der Waals surface area contributed by atoms with E-state index in [2.05, 4.69) is 6.92 Å². The van der Waals surface area contributed by atoms with E-state index >= 15 is 0 Å². The first-order valence-electron chi connectivity index (χ1n) is 16.7. The van der Waals surface area contributed by atoms with Gasteiger partial charge in [-0.25, -0.2) is 4.79 Å². The first-order chi connectivity index (χ1) is 22.1. The second kappa shape index (κ2) is 19.5. The number of methoxy groups -OCH3 is 1. The van der Waals surface area contributed by atoms with Gasteiger partial charge in [-0.15, -0.1) is 0 Å². The van der Waals surface area contributed by atoms with Crippen LogP contribution in [0, 0.1) is 0 Å². The minimum absolute atomic E-state index is 0.0324. The Morgan fingerprint density at radius 3 is 2.02 bits per heavy atom. The molecule has 0 amide bonds. The molecule has 0 spiro atoms. The third-order valence-corrected chi connectivity index (χ3v) is 8.27. The molecule has 248 valence electrons. The average molecular weight is 627 g/mol. The van der Waals surface area contributed by atoms with E-state index in [4.69, 9.17) is 33.2 Å². The molecule has 2 aromatic carbocycles. The molecule has 0 radical (unpaired) electrons. The molecule has 4 rings (SSSR count). The molecule has 0 bridgehead atoms. The van der Waals surface area contributed by atoms with Crippen LogP contribution in [0.25, 0.3) is 0 Å². The molecule has 2 saturated heterocycles. The summed E-state index contributed by atoms with van der Waals surface area (Å²) in [4.78, 5) is 26.0. The van der Waals surface area contributed by atoms with Gasteiger partial charge in [-0.2, -0.15) is 0 Å². The number of carbonyl (C=O) groups is 2. The largest absolute Gasteiger partial charge is 0.509 e. The molecule has 0 aliphatic carbocycles. The van der Waals surface area contributed by atoms with Gasteiger partial charge in [0.15, 0.2) is 24.8 Å². The first-order valence-corrected chi connectivity index (χ1v) is 16.7. The minimum atomic E-state index is -1.06. The van der Waals surface area contributed by atoms with Crippen molar-refractivity contribution in [2.24, 2.45) is 0 Å². The van der Waals surface area contributed by atoms with Crippen molar-refractivity contribution in [3.05, 3.63) is 71.8 Å². The molecule has 9 heteroatoms. The highest BCUT2D eigenvalue weighted by molar-refractivity contribution is 5.69. The quantitative estimate of drug-likeness (QED) is 0.121. The highest BCUT2D eigenvalue weighted by atomic mass is 16.8. The summed E-state index contributed by atoms with van der Waals surface area (Å²) in [7, 11) is 1.46. The molecule has 45 heavy (non-hydrogen) atoms. The van der Waals surface area contributed by atoms with Crippen LogP contribution in [0.3, 0.4) is 0 Å². The molecule has 0 aromatic heterocycles. The second-order valence-electron chi connectivity index (χ2n) is 11.8. The summed E-state index contributed by atoms with van der Waals surface area (Å²) in [6, 6.07) is 18.8. The monoisotopic (exact) mass is 626 g/mol. The zero-order valence-corrected chi connectivity index (χ0v) is 26.8. The van der Waals surface area contributed by atoms with Crippen LogP contribution < -0.4 is 0 Å². The van der Waals surface area contributed by atoms with Gasteiger partial charge in [0.25, 0.3) is 0 Å². The van der Waals surface area contributed by atoms with Crippen molar-refractivity contribution < 1.29 is 42.7 Å². The summed E-state index contributed by atoms with van der Waals surface area (Å²) in [5.74, 6) is -0.405. The molecule has 0 saturated carbocycles. The lowest BCUT2D eigenvalue weighted by atomic mass is 9.97. The van der Waals surface area contributed by atoms with E-state index in [0.29, 0.717) is 0 Å². The third-order valence-electron chi connectivity index (χ3n) is 8.27. The Morgan fingerprint density at radius 2 is 1.38 bits per heavy atom. The van der Waals surface area contributed by atoms with Crippen LogP contribution in [0.2, 0.25) is 0 Å². The van der Waals surface area contributed by atoms with E-state index in [1.165, 1.54) is 58.5 Å². The lowest BCUT2D eigenvalue weighted by Crippen LogP contribution is -2.64. The number of carbonyl (C=O) groups excluding carboxylic acids is 2. The van der Waals surface area contributed by atoms with Crippen molar-refractivity contribution in [3.63, 3.8) is 0 Å². The van der Waals surface area contributed by atoms with E-state index in [1.807, 2.05) is 60.7 Å². The molecule has 2 fully saturated rings. The Balaban J connectivity index is 1.33. The summed E-state index contributed by atoms with van der Waals surface area (Å²) in [5, 5.41) is 0. The van der Waals surface area contributed by atoms with Gasteiger partial charge in [0, 0.05) is 19.1 Å². The number of benzene rings is 2. The van der Waals surface area contributed by atoms with Gasteiger partial charge >= 0.3 is 12.1 Å². The Bertz CT molecular complexity index is 1110. The number of ether oxygens (including phenoxy) is 7. The van der Waals surface area contributed by atoms with Gasteiger partial charge in [0.05, 0.1) is 6.61 Å². The fourth-order valence-electron chi connectivity index (χ4n) is 5.78. The number of unbranched alkanes of at least 4 members (excludes halogenated alkanes) is 10. The van der Waals surface area contributed by atoms with Crippen LogP contribution >= 0.6 is 0 Å². The standard InChI is InChI=1S/C36H50O9/c1-3-4-5-6-7-8-9-10-11-12-19-24-30(37)43-33-32(45-36(38)41-25-27-20-15-13-16-21-27)31-29(42-35(33)39-2)26-40-34(44-31)28-22-17-14-18-23-28/h13-18,20-23,29,31-35H,3-12,19,24-26H2,1-2H3/t29-,31-,32+,33-,34-,35-/m1/s1. The smallest absolute Gasteiger partial charge is 0.453 e. The maximum atomic E-state index is 13.1. The summed E-state index contributed by atoms with van der Waals surface area (Å²) >= 11 is 0. The first kappa shape index (κ1) is 34.9. The van der Waals surface area contributed by atoms with Crippen LogP contribution in [0.1, 0.15) is 101 Å². The van der Waals surface area contributed by atoms with Crippen molar-refractivity contribution in [2.75, 3.05) is 13.7 Å².